The molecule has 0 radical (unpaired) electrons. The zero-order chi connectivity index (χ0) is 14.4. The number of nitrogens with zero attached hydrogens (tertiary/aromatic N) is 1. The number of benzene rings is 1. The molecule has 0 aliphatic heterocycles. The van der Waals surface area contributed by atoms with Gasteiger partial charge in [-0.15, -0.1) is 0 Å². The second-order valence-electron chi connectivity index (χ2n) is 6.25. The maximum Gasteiger partial charge on any atom is 0.0360 e. The minimum absolute atomic E-state index is 0.476. The molecule has 2 N–H and O–H groups in total. The fourth-order valence-electron chi connectivity index (χ4n) is 3.65. The molecule has 0 heterocycles. The SMILES string of the molecule is CCC1CCC(N(C)C(CCN)c2ccccc2)CC1. The molecule has 0 aromatic heterocycles. The van der Waals surface area contributed by atoms with E-state index >= 15 is 0 Å². The van der Waals surface area contributed by atoms with Gasteiger partial charge >= 0.3 is 0 Å². The predicted molar refractivity (Wildman–Crippen MR) is 86.7 cm³/mol. The highest BCUT2D eigenvalue weighted by Crippen LogP contribution is 2.33. The van der Waals surface area contributed by atoms with E-state index in [4.69, 9.17) is 5.73 Å². The topological polar surface area (TPSA) is 29.3 Å². The van der Waals surface area contributed by atoms with Crippen LogP contribution in [0.2, 0.25) is 0 Å². The van der Waals surface area contributed by atoms with Gasteiger partial charge in [0, 0.05) is 12.1 Å². The lowest BCUT2D eigenvalue weighted by atomic mass is 9.83. The van der Waals surface area contributed by atoms with Crippen LogP contribution in [0.25, 0.3) is 0 Å². The maximum absolute atomic E-state index is 5.85. The Bertz CT molecular complexity index is 368. The molecule has 112 valence electrons. The first-order valence-corrected chi connectivity index (χ1v) is 8.23. The smallest absolute Gasteiger partial charge is 0.0360 e. The van der Waals surface area contributed by atoms with E-state index in [1.165, 1.54) is 37.7 Å². The molecule has 2 nitrogen and oxygen atoms in total. The van der Waals surface area contributed by atoms with E-state index in [0.29, 0.717) is 6.04 Å². The second-order valence-corrected chi connectivity index (χ2v) is 6.25. The van der Waals surface area contributed by atoms with E-state index in [0.717, 1.165) is 24.9 Å². The van der Waals surface area contributed by atoms with Crippen molar-refractivity contribution in [1.82, 2.24) is 4.90 Å². The van der Waals surface area contributed by atoms with Gasteiger partial charge in [0.05, 0.1) is 0 Å². The molecule has 1 aliphatic carbocycles. The van der Waals surface area contributed by atoms with Crippen LogP contribution >= 0.6 is 0 Å². The summed E-state index contributed by atoms with van der Waals surface area (Å²) in [6.45, 7) is 3.09. The predicted octanol–water partition coefficient (Wildman–Crippen LogP) is 3.98. The van der Waals surface area contributed by atoms with Crippen LogP contribution in [0.3, 0.4) is 0 Å². The Morgan fingerprint density at radius 3 is 2.35 bits per heavy atom. The highest BCUT2D eigenvalue weighted by molar-refractivity contribution is 5.19. The van der Waals surface area contributed by atoms with Crippen LogP contribution in [0, 0.1) is 5.92 Å². The standard InChI is InChI=1S/C18H30N2/c1-3-15-9-11-17(12-10-15)20(2)18(13-14-19)16-7-5-4-6-8-16/h4-8,15,17-18H,3,9-14,19H2,1-2H3. The van der Waals surface area contributed by atoms with Crippen LogP contribution in [0.15, 0.2) is 30.3 Å². The molecule has 1 atom stereocenters. The van der Waals surface area contributed by atoms with Crippen molar-refractivity contribution in [3.05, 3.63) is 35.9 Å². The van der Waals surface area contributed by atoms with Gasteiger partial charge in [-0.1, -0.05) is 43.7 Å². The van der Waals surface area contributed by atoms with Crippen molar-refractivity contribution in [2.45, 2.75) is 57.5 Å². The summed E-state index contributed by atoms with van der Waals surface area (Å²) in [6.07, 6.45) is 7.90. The van der Waals surface area contributed by atoms with Crippen molar-refractivity contribution in [2.75, 3.05) is 13.6 Å². The monoisotopic (exact) mass is 274 g/mol. The van der Waals surface area contributed by atoms with Crippen molar-refractivity contribution >= 4 is 0 Å². The number of hydrogen-bond donors (Lipinski definition) is 1. The minimum Gasteiger partial charge on any atom is -0.330 e. The highest BCUT2D eigenvalue weighted by Gasteiger charge is 2.27. The van der Waals surface area contributed by atoms with Crippen molar-refractivity contribution in [1.29, 1.82) is 0 Å². The van der Waals surface area contributed by atoms with Gasteiger partial charge in [0.25, 0.3) is 0 Å². The average molecular weight is 274 g/mol. The van der Waals surface area contributed by atoms with Crippen molar-refractivity contribution < 1.29 is 0 Å². The molecule has 20 heavy (non-hydrogen) atoms. The first kappa shape index (κ1) is 15.5. The fraction of sp³-hybridized carbons (Fsp3) is 0.667. The average Bonchev–Trinajstić information content (AvgIpc) is 2.53. The Hall–Kier alpha value is -0.860. The summed E-state index contributed by atoms with van der Waals surface area (Å²) in [5.74, 6) is 0.962. The Morgan fingerprint density at radius 2 is 1.80 bits per heavy atom. The van der Waals surface area contributed by atoms with E-state index in [9.17, 15) is 0 Å². The van der Waals surface area contributed by atoms with Crippen molar-refractivity contribution in [3.63, 3.8) is 0 Å². The first-order chi connectivity index (χ1) is 9.76. The molecule has 1 unspecified atom stereocenters. The van der Waals surface area contributed by atoms with Gasteiger partial charge in [-0.25, -0.2) is 0 Å². The molecule has 2 heteroatoms. The van der Waals surface area contributed by atoms with Gasteiger partial charge in [-0.3, -0.25) is 4.90 Å². The number of nitrogens with two attached hydrogens (primary N) is 1. The third kappa shape index (κ3) is 3.83. The van der Waals surface area contributed by atoms with E-state index < -0.39 is 0 Å². The molecule has 2 rings (SSSR count). The van der Waals surface area contributed by atoms with E-state index in [1.807, 2.05) is 0 Å². The van der Waals surface area contributed by atoms with Crippen LogP contribution < -0.4 is 5.73 Å². The Morgan fingerprint density at radius 1 is 1.15 bits per heavy atom. The lowest BCUT2D eigenvalue weighted by molar-refractivity contribution is 0.115. The van der Waals surface area contributed by atoms with Gasteiger partial charge < -0.3 is 5.73 Å². The molecule has 1 aromatic carbocycles. The lowest BCUT2D eigenvalue weighted by Gasteiger charge is -2.39. The third-order valence-electron chi connectivity index (χ3n) is 5.09. The van der Waals surface area contributed by atoms with Crippen LogP contribution in [0.4, 0.5) is 0 Å². The van der Waals surface area contributed by atoms with Gasteiger partial charge in [0.1, 0.15) is 0 Å². The molecule has 1 fully saturated rings. The maximum atomic E-state index is 5.85. The minimum atomic E-state index is 0.476. The molecular formula is C18H30N2. The zero-order valence-corrected chi connectivity index (χ0v) is 13.1. The lowest BCUT2D eigenvalue weighted by Crippen LogP contribution is -2.38. The van der Waals surface area contributed by atoms with Crippen LogP contribution in [0.1, 0.15) is 57.1 Å². The summed E-state index contributed by atoms with van der Waals surface area (Å²) in [6, 6.07) is 12.1. The molecule has 0 amide bonds. The van der Waals surface area contributed by atoms with Gasteiger partial charge in [-0.2, -0.15) is 0 Å². The van der Waals surface area contributed by atoms with Gasteiger partial charge in [0.15, 0.2) is 0 Å². The van der Waals surface area contributed by atoms with Crippen LogP contribution in [-0.4, -0.2) is 24.5 Å². The normalized spacial score (nSPS) is 24.8. The molecule has 0 bridgehead atoms. The molecular weight excluding hydrogens is 244 g/mol. The summed E-state index contributed by atoms with van der Waals surface area (Å²) in [5.41, 5.74) is 7.27. The van der Waals surface area contributed by atoms with Gasteiger partial charge in [0.2, 0.25) is 0 Å². The second kappa shape index (κ2) is 7.80. The summed E-state index contributed by atoms with van der Waals surface area (Å²) in [4.78, 5) is 2.59. The Balaban J connectivity index is 2.02. The van der Waals surface area contributed by atoms with E-state index in [1.54, 1.807) is 0 Å². The highest BCUT2D eigenvalue weighted by atomic mass is 15.2. The zero-order valence-electron chi connectivity index (χ0n) is 13.1. The van der Waals surface area contributed by atoms with Crippen LogP contribution in [-0.2, 0) is 0 Å². The molecule has 1 saturated carbocycles. The summed E-state index contributed by atoms with van der Waals surface area (Å²) >= 11 is 0. The number of rotatable bonds is 6. The summed E-state index contributed by atoms with van der Waals surface area (Å²) in [7, 11) is 2.30. The van der Waals surface area contributed by atoms with Gasteiger partial charge in [-0.05, 0) is 57.2 Å². The number of hydrogen-bond acceptors (Lipinski definition) is 2. The molecule has 0 spiro atoms. The van der Waals surface area contributed by atoms with E-state index in [2.05, 4.69) is 49.2 Å². The Kier molecular flexibility index (Phi) is 6.06. The molecule has 0 saturated heterocycles. The summed E-state index contributed by atoms with van der Waals surface area (Å²) < 4.78 is 0. The fourth-order valence-corrected chi connectivity index (χ4v) is 3.65. The molecule has 1 aliphatic rings. The third-order valence-corrected chi connectivity index (χ3v) is 5.09. The Labute approximate surface area is 124 Å². The largest absolute Gasteiger partial charge is 0.330 e. The summed E-state index contributed by atoms with van der Waals surface area (Å²) in [5, 5.41) is 0. The molecule has 1 aromatic rings. The van der Waals surface area contributed by atoms with Crippen LogP contribution in [0.5, 0.6) is 0 Å². The van der Waals surface area contributed by atoms with E-state index in [-0.39, 0.29) is 0 Å². The quantitative estimate of drug-likeness (QED) is 0.850. The first-order valence-electron chi connectivity index (χ1n) is 8.23. The van der Waals surface area contributed by atoms with Crippen molar-refractivity contribution in [2.24, 2.45) is 11.7 Å². The van der Waals surface area contributed by atoms with Crippen molar-refractivity contribution in [3.8, 4) is 0 Å².